The monoisotopic (exact) mass is 284 g/mol. The van der Waals surface area contributed by atoms with Crippen LogP contribution in [0.3, 0.4) is 0 Å². The molecule has 3 nitrogen and oxygen atoms in total. The number of methoxy groups -OCH3 is 1. The minimum atomic E-state index is -0.112. The lowest BCUT2D eigenvalue weighted by molar-refractivity contribution is -0.0668. The third kappa shape index (κ3) is 2.56. The van der Waals surface area contributed by atoms with E-state index in [-0.39, 0.29) is 11.6 Å². The lowest BCUT2D eigenvalue weighted by Crippen LogP contribution is -2.46. The van der Waals surface area contributed by atoms with Crippen LogP contribution >= 0.6 is 0 Å². The molecule has 1 atom stereocenters. The lowest BCUT2D eigenvalue weighted by Gasteiger charge is -2.42. The molecule has 112 valence electrons. The van der Waals surface area contributed by atoms with Crippen LogP contribution in [0.25, 0.3) is 10.8 Å². The van der Waals surface area contributed by atoms with Crippen molar-refractivity contribution in [2.75, 3.05) is 14.2 Å². The number of ether oxygens (including phenoxy) is 1. The number of fused-ring (bicyclic) bond motifs is 1. The van der Waals surface area contributed by atoms with Gasteiger partial charge in [0.1, 0.15) is 0 Å². The number of benzene rings is 1. The molecule has 1 N–H and O–H groups in total. The molecule has 1 saturated carbocycles. The fourth-order valence-electron chi connectivity index (χ4n) is 3.83. The molecule has 1 aromatic carbocycles. The smallest absolute Gasteiger partial charge is 0.0873 e. The number of nitrogens with one attached hydrogen (secondary N) is 1. The maximum atomic E-state index is 6.04. The first-order valence-corrected chi connectivity index (χ1v) is 7.86. The maximum Gasteiger partial charge on any atom is 0.0873 e. The number of nitrogens with zero attached hydrogens (tertiary/aromatic N) is 1. The van der Waals surface area contributed by atoms with Crippen molar-refractivity contribution in [1.82, 2.24) is 10.3 Å². The van der Waals surface area contributed by atoms with Crippen molar-refractivity contribution in [3.05, 3.63) is 42.2 Å². The normalized spacial score (nSPS) is 19.5. The molecule has 21 heavy (non-hydrogen) atoms. The lowest BCUT2D eigenvalue weighted by atomic mass is 9.76. The van der Waals surface area contributed by atoms with Gasteiger partial charge in [0.15, 0.2) is 0 Å². The molecule has 0 saturated heterocycles. The van der Waals surface area contributed by atoms with Crippen molar-refractivity contribution in [1.29, 1.82) is 0 Å². The Balaban J connectivity index is 2.09. The first-order valence-electron chi connectivity index (χ1n) is 7.86. The summed E-state index contributed by atoms with van der Waals surface area (Å²) < 4.78 is 6.04. The molecule has 3 rings (SSSR count). The van der Waals surface area contributed by atoms with Crippen LogP contribution in [-0.4, -0.2) is 24.7 Å². The van der Waals surface area contributed by atoms with Crippen LogP contribution in [0, 0.1) is 0 Å². The molecule has 0 bridgehead atoms. The Labute approximate surface area is 126 Å². The minimum absolute atomic E-state index is 0.112. The molecule has 0 radical (unpaired) electrons. The third-order valence-electron chi connectivity index (χ3n) is 4.93. The van der Waals surface area contributed by atoms with E-state index in [9.17, 15) is 0 Å². The molecule has 1 fully saturated rings. The zero-order chi connectivity index (χ0) is 14.7. The van der Waals surface area contributed by atoms with E-state index in [1.54, 1.807) is 0 Å². The maximum absolute atomic E-state index is 6.04. The van der Waals surface area contributed by atoms with E-state index in [0.717, 1.165) is 12.8 Å². The van der Waals surface area contributed by atoms with Crippen LogP contribution in [0.15, 0.2) is 36.7 Å². The van der Waals surface area contributed by atoms with Gasteiger partial charge in [-0.1, -0.05) is 43.5 Å². The third-order valence-corrected chi connectivity index (χ3v) is 4.93. The molecule has 1 aromatic heterocycles. The molecule has 1 aliphatic rings. The predicted octanol–water partition coefficient (Wildman–Crippen LogP) is 3.84. The molecule has 1 unspecified atom stereocenters. The zero-order valence-corrected chi connectivity index (χ0v) is 12.9. The van der Waals surface area contributed by atoms with Gasteiger partial charge in [-0.2, -0.15) is 0 Å². The van der Waals surface area contributed by atoms with Gasteiger partial charge in [-0.05, 0) is 30.8 Å². The predicted molar refractivity (Wildman–Crippen MR) is 86.4 cm³/mol. The summed E-state index contributed by atoms with van der Waals surface area (Å²) in [6.07, 6.45) is 9.95. The van der Waals surface area contributed by atoms with Crippen LogP contribution < -0.4 is 5.32 Å². The van der Waals surface area contributed by atoms with Crippen molar-refractivity contribution in [2.24, 2.45) is 0 Å². The Morgan fingerprint density at radius 3 is 2.62 bits per heavy atom. The van der Waals surface area contributed by atoms with E-state index >= 15 is 0 Å². The second-order valence-corrected chi connectivity index (χ2v) is 6.00. The van der Waals surface area contributed by atoms with Crippen molar-refractivity contribution < 1.29 is 4.74 Å². The summed E-state index contributed by atoms with van der Waals surface area (Å²) in [5, 5.41) is 5.97. The van der Waals surface area contributed by atoms with Gasteiger partial charge in [-0.3, -0.25) is 4.98 Å². The largest absolute Gasteiger partial charge is 0.376 e. The summed E-state index contributed by atoms with van der Waals surface area (Å²) >= 11 is 0. The first kappa shape index (κ1) is 14.5. The summed E-state index contributed by atoms with van der Waals surface area (Å²) in [5.41, 5.74) is 1.14. The van der Waals surface area contributed by atoms with Crippen LogP contribution in [0.5, 0.6) is 0 Å². The number of likely N-dealkylation sites (N-methyl/N-ethyl adjacent to an activating group) is 1. The van der Waals surface area contributed by atoms with Crippen LogP contribution in [0.2, 0.25) is 0 Å². The number of rotatable bonds is 4. The van der Waals surface area contributed by atoms with Crippen molar-refractivity contribution in [2.45, 2.75) is 43.7 Å². The van der Waals surface area contributed by atoms with Crippen molar-refractivity contribution in [3.8, 4) is 0 Å². The van der Waals surface area contributed by atoms with Gasteiger partial charge >= 0.3 is 0 Å². The van der Waals surface area contributed by atoms with E-state index in [1.807, 2.05) is 26.6 Å². The molecular weight excluding hydrogens is 260 g/mol. The molecule has 3 heteroatoms. The second-order valence-electron chi connectivity index (χ2n) is 6.00. The second kappa shape index (κ2) is 6.12. The van der Waals surface area contributed by atoms with Gasteiger partial charge in [-0.25, -0.2) is 0 Å². The molecule has 0 amide bonds. The first-order chi connectivity index (χ1) is 10.3. The summed E-state index contributed by atoms with van der Waals surface area (Å²) in [4.78, 5) is 4.45. The molecule has 0 aliphatic heterocycles. The van der Waals surface area contributed by atoms with E-state index in [0.29, 0.717) is 0 Å². The number of aromatic nitrogens is 1. The Morgan fingerprint density at radius 1 is 1.14 bits per heavy atom. The number of hydrogen-bond acceptors (Lipinski definition) is 3. The van der Waals surface area contributed by atoms with Gasteiger partial charge in [0, 0.05) is 24.9 Å². The molecular formula is C18H24N2O. The highest BCUT2D eigenvalue weighted by molar-refractivity contribution is 5.85. The SMILES string of the molecule is CNC(c1cncc2ccccc12)C1(OC)CCCCC1. The Hall–Kier alpha value is -1.45. The highest BCUT2D eigenvalue weighted by Crippen LogP contribution is 2.42. The van der Waals surface area contributed by atoms with Gasteiger partial charge < -0.3 is 10.1 Å². The molecule has 2 aromatic rings. The molecule has 0 spiro atoms. The average molecular weight is 284 g/mol. The van der Waals surface area contributed by atoms with Crippen LogP contribution in [-0.2, 0) is 4.74 Å². The van der Waals surface area contributed by atoms with Gasteiger partial charge in [0.05, 0.1) is 11.6 Å². The Kier molecular flexibility index (Phi) is 4.22. The number of pyridine rings is 1. The van der Waals surface area contributed by atoms with E-state index < -0.39 is 0 Å². The van der Waals surface area contributed by atoms with E-state index in [1.165, 1.54) is 35.6 Å². The summed E-state index contributed by atoms with van der Waals surface area (Å²) in [7, 11) is 3.88. The average Bonchev–Trinajstić information content (AvgIpc) is 2.56. The zero-order valence-electron chi connectivity index (χ0n) is 12.9. The highest BCUT2D eigenvalue weighted by Gasteiger charge is 2.40. The van der Waals surface area contributed by atoms with Gasteiger partial charge in [0.25, 0.3) is 0 Å². The topological polar surface area (TPSA) is 34.2 Å². The summed E-state index contributed by atoms with van der Waals surface area (Å²) in [5.74, 6) is 0. The Bertz CT molecular complexity index is 600. The summed E-state index contributed by atoms with van der Waals surface area (Å²) in [6, 6.07) is 8.65. The van der Waals surface area contributed by atoms with Crippen LogP contribution in [0.1, 0.15) is 43.7 Å². The fourth-order valence-corrected chi connectivity index (χ4v) is 3.83. The minimum Gasteiger partial charge on any atom is -0.376 e. The molecule has 1 heterocycles. The fraction of sp³-hybridized carbons (Fsp3) is 0.500. The Morgan fingerprint density at radius 2 is 1.90 bits per heavy atom. The van der Waals surface area contributed by atoms with E-state index in [2.05, 4.69) is 34.6 Å². The number of hydrogen-bond donors (Lipinski definition) is 1. The van der Waals surface area contributed by atoms with Crippen LogP contribution in [0.4, 0.5) is 0 Å². The molecule has 1 aliphatic carbocycles. The van der Waals surface area contributed by atoms with Gasteiger partial charge in [-0.15, -0.1) is 0 Å². The summed E-state index contributed by atoms with van der Waals surface area (Å²) in [6.45, 7) is 0. The standard InChI is InChI=1S/C18H24N2O/c1-19-17(18(21-2)10-6-3-7-11-18)16-13-20-12-14-8-4-5-9-15(14)16/h4-5,8-9,12-13,17,19H,3,6-7,10-11H2,1-2H3. The van der Waals surface area contributed by atoms with Gasteiger partial charge in [0.2, 0.25) is 0 Å². The van der Waals surface area contributed by atoms with Crippen molar-refractivity contribution >= 4 is 10.8 Å². The highest BCUT2D eigenvalue weighted by atomic mass is 16.5. The van der Waals surface area contributed by atoms with Crippen molar-refractivity contribution in [3.63, 3.8) is 0 Å². The van der Waals surface area contributed by atoms with E-state index in [4.69, 9.17) is 4.74 Å². The quantitative estimate of drug-likeness (QED) is 0.926.